The Morgan fingerprint density at radius 3 is 2.48 bits per heavy atom. The molecular formula is C16H18Cl2N4O4S. The molecule has 1 N–H and O–H groups in total. The number of rotatable bonds is 5. The van der Waals surface area contributed by atoms with Crippen molar-refractivity contribution in [3.05, 3.63) is 39.9 Å². The van der Waals surface area contributed by atoms with Crippen LogP contribution in [0.2, 0.25) is 10.0 Å². The van der Waals surface area contributed by atoms with E-state index < -0.39 is 15.2 Å². The molecule has 3 rings (SSSR count). The van der Waals surface area contributed by atoms with Crippen LogP contribution in [0, 0.1) is 6.92 Å². The van der Waals surface area contributed by atoms with Gasteiger partial charge < -0.3 is 9.47 Å². The van der Waals surface area contributed by atoms with Gasteiger partial charge in [-0.1, -0.05) is 36.7 Å². The summed E-state index contributed by atoms with van der Waals surface area (Å²) in [6.07, 6.45) is 0. The molecule has 2 aromatic heterocycles. The molecule has 2 heterocycles. The van der Waals surface area contributed by atoms with Crippen LogP contribution in [0.25, 0.3) is 5.65 Å². The predicted molar refractivity (Wildman–Crippen MR) is 105 cm³/mol. The summed E-state index contributed by atoms with van der Waals surface area (Å²) < 4.78 is 39.3. The number of benzene rings is 1. The number of hydrogen-bond donors (Lipinski definition) is 1. The van der Waals surface area contributed by atoms with Crippen molar-refractivity contribution in [1.82, 2.24) is 14.6 Å². The molecule has 0 unspecified atom stereocenters. The summed E-state index contributed by atoms with van der Waals surface area (Å²) in [6.45, 7) is 1.73. The van der Waals surface area contributed by atoms with Crippen LogP contribution in [-0.2, 0) is 10.0 Å². The fourth-order valence-corrected chi connectivity index (χ4v) is 3.77. The SMILES string of the molecule is C.COc1cc(OC)n2nc(S(=O)(=O)Nc3c(Cl)ccc(C)c3Cl)nc2c1. The average Bonchev–Trinajstić information content (AvgIpc) is 3.06. The van der Waals surface area contributed by atoms with Gasteiger partial charge >= 0.3 is 0 Å². The Bertz CT molecular complexity index is 1100. The molecule has 0 aliphatic rings. The number of halogens is 2. The van der Waals surface area contributed by atoms with Crippen molar-refractivity contribution in [2.45, 2.75) is 19.5 Å². The van der Waals surface area contributed by atoms with Crippen LogP contribution in [0.15, 0.2) is 29.4 Å². The third-order valence-corrected chi connectivity index (χ3v) is 5.49. The second kappa shape index (κ2) is 7.79. The lowest BCUT2D eigenvalue weighted by molar-refractivity contribution is 0.372. The number of anilines is 1. The number of fused-ring (bicyclic) bond motifs is 1. The smallest absolute Gasteiger partial charge is 0.299 e. The molecule has 3 aromatic rings. The van der Waals surface area contributed by atoms with E-state index in [1.807, 2.05) is 0 Å². The lowest BCUT2D eigenvalue weighted by Crippen LogP contribution is -2.15. The van der Waals surface area contributed by atoms with Crippen molar-refractivity contribution in [3.8, 4) is 11.6 Å². The highest BCUT2D eigenvalue weighted by molar-refractivity contribution is 7.92. The van der Waals surface area contributed by atoms with Crippen LogP contribution < -0.4 is 14.2 Å². The molecule has 0 spiro atoms. The lowest BCUT2D eigenvalue weighted by Gasteiger charge is -2.10. The van der Waals surface area contributed by atoms with E-state index in [9.17, 15) is 8.42 Å². The van der Waals surface area contributed by atoms with Crippen molar-refractivity contribution in [3.63, 3.8) is 0 Å². The van der Waals surface area contributed by atoms with Crippen LogP contribution in [0.1, 0.15) is 13.0 Å². The summed E-state index contributed by atoms with van der Waals surface area (Å²) in [5.41, 5.74) is 0.975. The molecule has 0 saturated carbocycles. The Kier molecular flexibility index (Phi) is 6.08. The molecule has 146 valence electrons. The van der Waals surface area contributed by atoms with E-state index in [-0.39, 0.29) is 34.7 Å². The quantitative estimate of drug-likeness (QED) is 0.658. The Morgan fingerprint density at radius 2 is 1.85 bits per heavy atom. The molecule has 0 amide bonds. The number of aryl methyl sites for hydroxylation is 1. The zero-order chi connectivity index (χ0) is 19.1. The van der Waals surface area contributed by atoms with Crippen molar-refractivity contribution >= 4 is 44.6 Å². The molecular weight excluding hydrogens is 415 g/mol. The Labute approximate surface area is 167 Å². The highest BCUT2D eigenvalue weighted by Crippen LogP contribution is 2.34. The number of aromatic nitrogens is 3. The van der Waals surface area contributed by atoms with Crippen molar-refractivity contribution in [2.24, 2.45) is 0 Å². The van der Waals surface area contributed by atoms with E-state index in [0.717, 1.165) is 0 Å². The molecule has 27 heavy (non-hydrogen) atoms. The predicted octanol–water partition coefficient (Wildman–Crippen LogP) is 3.80. The van der Waals surface area contributed by atoms with E-state index in [4.69, 9.17) is 32.7 Å². The van der Waals surface area contributed by atoms with Crippen LogP contribution in [0.5, 0.6) is 11.6 Å². The van der Waals surface area contributed by atoms with E-state index >= 15 is 0 Å². The molecule has 1 aromatic carbocycles. The maximum Gasteiger partial charge on any atom is 0.299 e. The van der Waals surface area contributed by atoms with E-state index in [1.54, 1.807) is 25.1 Å². The first-order valence-corrected chi connectivity index (χ1v) is 9.47. The Hall–Kier alpha value is -2.23. The second-order valence-electron chi connectivity index (χ2n) is 5.26. The van der Waals surface area contributed by atoms with Crippen LogP contribution in [0.3, 0.4) is 0 Å². The molecule has 0 fully saturated rings. The van der Waals surface area contributed by atoms with E-state index in [1.165, 1.54) is 24.8 Å². The van der Waals surface area contributed by atoms with Gasteiger partial charge in [-0.2, -0.15) is 17.9 Å². The number of pyridine rings is 1. The molecule has 0 atom stereocenters. The van der Waals surface area contributed by atoms with Gasteiger partial charge in [0.2, 0.25) is 5.88 Å². The van der Waals surface area contributed by atoms with Crippen molar-refractivity contribution in [1.29, 1.82) is 0 Å². The van der Waals surface area contributed by atoms with E-state index in [0.29, 0.717) is 11.3 Å². The maximum absolute atomic E-state index is 12.7. The molecule has 0 bridgehead atoms. The lowest BCUT2D eigenvalue weighted by atomic mass is 10.2. The number of ether oxygens (including phenoxy) is 2. The first-order chi connectivity index (χ1) is 12.3. The number of nitrogens with one attached hydrogen (secondary N) is 1. The van der Waals surface area contributed by atoms with Crippen molar-refractivity contribution < 1.29 is 17.9 Å². The standard InChI is InChI=1S/C15H14Cl2N4O4S.CH4/c1-8-4-5-10(16)14(13(8)17)20-26(22,23)15-18-11-6-9(24-2)7-12(25-3)21(11)19-15;/h4-7,20H,1-3H3;1H4. The minimum absolute atomic E-state index is 0. The van der Waals surface area contributed by atoms with Gasteiger partial charge in [0, 0.05) is 12.1 Å². The normalized spacial score (nSPS) is 11.1. The minimum Gasteiger partial charge on any atom is -0.496 e. The highest BCUT2D eigenvalue weighted by atomic mass is 35.5. The number of nitrogens with zero attached hydrogens (tertiary/aromatic N) is 3. The number of hydrogen-bond acceptors (Lipinski definition) is 6. The Balaban J connectivity index is 0.00000261. The van der Waals surface area contributed by atoms with Crippen LogP contribution in [0.4, 0.5) is 5.69 Å². The van der Waals surface area contributed by atoms with Gasteiger partial charge in [-0.05, 0) is 18.6 Å². The minimum atomic E-state index is -4.14. The zero-order valence-electron chi connectivity index (χ0n) is 13.9. The molecule has 0 radical (unpaired) electrons. The van der Waals surface area contributed by atoms with Crippen LogP contribution >= 0.6 is 23.2 Å². The molecule has 0 aliphatic heterocycles. The largest absolute Gasteiger partial charge is 0.496 e. The van der Waals surface area contributed by atoms with Gasteiger partial charge in [-0.15, -0.1) is 5.10 Å². The maximum atomic E-state index is 12.7. The van der Waals surface area contributed by atoms with Gasteiger partial charge in [-0.25, -0.2) is 0 Å². The monoisotopic (exact) mass is 432 g/mol. The van der Waals surface area contributed by atoms with Crippen LogP contribution in [-0.4, -0.2) is 37.2 Å². The number of sulfonamides is 1. The summed E-state index contributed by atoms with van der Waals surface area (Å²) in [5.74, 6) is 0.711. The average molecular weight is 433 g/mol. The molecule has 0 saturated heterocycles. The van der Waals surface area contributed by atoms with Gasteiger partial charge in [0.05, 0.1) is 30.0 Å². The second-order valence-corrected chi connectivity index (χ2v) is 7.62. The van der Waals surface area contributed by atoms with Crippen molar-refractivity contribution in [2.75, 3.05) is 18.9 Å². The summed E-state index contributed by atoms with van der Waals surface area (Å²) in [5, 5.41) is 3.89. The third kappa shape index (κ3) is 3.90. The fraction of sp³-hybridized carbons (Fsp3) is 0.250. The number of methoxy groups -OCH3 is 2. The summed E-state index contributed by atoms with van der Waals surface area (Å²) in [4.78, 5) is 4.03. The zero-order valence-corrected chi connectivity index (χ0v) is 16.3. The summed E-state index contributed by atoms with van der Waals surface area (Å²) in [6, 6.07) is 6.31. The molecule has 11 heteroatoms. The van der Waals surface area contributed by atoms with Gasteiger partial charge in [0.25, 0.3) is 15.2 Å². The van der Waals surface area contributed by atoms with Gasteiger partial charge in [0.15, 0.2) is 5.65 Å². The summed E-state index contributed by atoms with van der Waals surface area (Å²) in [7, 11) is -1.24. The highest BCUT2D eigenvalue weighted by Gasteiger charge is 2.24. The van der Waals surface area contributed by atoms with E-state index in [2.05, 4.69) is 14.8 Å². The molecule has 8 nitrogen and oxygen atoms in total. The molecule has 0 aliphatic carbocycles. The Morgan fingerprint density at radius 1 is 1.15 bits per heavy atom. The summed E-state index contributed by atoms with van der Waals surface area (Å²) >= 11 is 12.2. The third-order valence-electron chi connectivity index (χ3n) is 3.56. The topological polar surface area (TPSA) is 94.8 Å². The van der Waals surface area contributed by atoms with Gasteiger partial charge in [-0.3, -0.25) is 4.72 Å². The fourth-order valence-electron chi connectivity index (χ4n) is 2.22. The first-order valence-electron chi connectivity index (χ1n) is 7.23. The first kappa shape index (κ1) is 21.1. The van der Waals surface area contributed by atoms with Gasteiger partial charge in [0.1, 0.15) is 5.75 Å².